The van der Waals surface area contributed by atoms with Gasteiger partial charge in [-0.3, -0.25) is 4.79 Å². The Hall–Kier alpha value is -1.80. The Kier molecular flexibility index (Phi) is 4.26. The van der Waals surface area contributed by atoms with Crippen molar-refractivity contribution in [1.82, 2.24) is 4.90 Å². The molecule has 1 unspecified atom stereocenters. The fraction of sp³-hybridized carbons (Fsp3) is 0.278. The number of carbonyl (C=O) groups is 1. The number of hydrogen-bond acceptors (Lipinski definition) is 1. The zero-order chi connectivity index (χ0) is 14.7. The number of amides is 1. The van der Waals surface area contributed by atoms with Crippen molar-refractivity contribution in [3.8, 4) is 0 Å². The molecule has 21 heavy (non-hydrogen) atoms. The Labute approximate surface area is 130 Å². The smallest absolute Gasteiger partial charge is 0.227 e. The summed E-state index contributed by atoms with van der Waals surface area (Å²) in [4.78, 5) is 14.4. The van der Waals surface area contributed by atoms with Gasteiger partial charge in [0.15, 0.2) is 0 Å². The molecule has 0 spiro atoms. The SMILES string of the molecule is O=C(Cc1ccccc1Cl)N1CCC(c2ccccc2)C1. The maximum atomic E-state index is 12.4. The van der Waals surface area contributed by atoms with Crippen molar-refractivity contribution in [3.63, 3.8) is 0 Å². The minimum atomic E-state index is 0.168. The fourth-order valence-electron chi connectivity index (χ4n) is 2.90. The van der Waals surface area contributed by atoms with Crippen molar-refractivity contribution in [1.29, 1.82) is 0 Å². The molecule has 0 bridgehead atoms. The van der Waals surface area contributed by atoms with E-state index in [4.69, 9.17) is 11.6 Å². The molecule has 3 rings (SSSR count). The first-order valence-electron chi connectivity index (χ1n) is 7.30. The summed E-state index contributed by atoms with van der Waals surface area (Å²) in [7, 11) is 0. The highest BCUT2D eigenvalue weighted by Crippen LogP contribution is 2.27. The van der Waals surface area contributed by atoms with Crippen LogP contribution < -0.4 is 0 Å². The lowest BCUT2D eigenvalue weighted by Crippen LogP contribution is -2.29. The normalized spacial score (nSPS) is 18.0. The highest BCUT2D eigenvalue weighted by Gasteiger charge is 2.27. The number of benzene rings is 2. The quantitative estimate of drug-likeness (QED) is 0.842. The molecule has 1 amide bonds. The monoisotopic (exact) mass is 299 g/mol. The first-order chi connectivity index (χ1) is 10.2. The van der Waals surface area contributed by atoms with E-state index in [0.717, 1.165) is 25.1 Å². The summed E-state index contributed by atoms with van der Waals surface area (Å²) >= 11 is 6.13. The molecule has 1 aliphatic rings. The van der Waals surface area contributed by atoms with Gasteiger partial charge >= 0.3 is 0 Å². The Balaban J connectivity index is 1.64. The van der Waals surface area contributed by atoms with Gasteiger partial charge < -0.3 is 4.90 Å². The molecule has 1 atom stereocenters. The number of nitrogens with zero attached hydrogens (tertiary/aromatic N) is 1. The lowest BCUT2D eigenvalue weighted by atomic mass is 9.99. The van der Waals surface area contributed by atoms with Crippen LogP contribution in [0, 0.1) is 0 Å². The van der Waals surface area contributed by atoms with Crippen LogP contribution in [0.4, 0.5) is 0 Å². The minimum Gasteiger partial charge on any atom is -0.342 e. The predicted octanol–water partition coefficient (Wildman–Crippen LogP) is 3.90. The summed E-state index contributed by atoms with van der Waals surface area (Å²) in [6, 6.07) is 18.0. The Morgan fingerprint density at radius 1 is 1.10 bits per heavy atom. The van der Waals surface area contributed by atoms with Crippen LogP contribution in [-0.2, 0) is 11.2 Å². The second-order valence-electron chi connectivity index (χ2n) is 5.50. The third kappa shape index (κ3) is 3.27. The third-order valence-electron chi connectivity index (χ3n) is 4.11. The van der Waals surface area contributed by atoms with Crippen molar-refractivity contribution >= 4 is 17.5 Å². The molecule has 0 saturated carbocycles. The number of likely N-dealkylation sites (tertiary alicyclic amines) is 1. The lowest BCUT2D eigenvalue weighted by molar-refractivity contribution is -0.129. The van der Waals surface area contributed by atoms with Gasteiger partial charge in [-0.15, -0.1) is 0 Å². The van der Waals surface area contributed by atoms with Gasteiger partial charge in [-0.25, -0.2) is 0 Å². The van der Waals surface area contributed by atoms with Crippen LogP contribution in [-0.4, -0.2) is 23.9 Å². The Morgan fingerprint density at radius 2 is 1.81 bits per heavy atom. The Morgan fingerprint density at radius 3 is 2.57 bits per heavy atom. The molecule has 1 aliphatic heterocycles. The number of carbonyl (C=O) groups excluding carboxylic acids is 1. The largest absolute Gasteiger partial charge is 0.342 e. The van der Waals surface area contributed by atoms with Gasteiger partial charge in [-0.1, -0.05) is 60.1 Å². The second-order valence-corrected chi connectivity index (χ2v) is 5.91. The van der Waals surface area contributed by atoms with Crippen LogP contribution >= 0.6 is 11.6 Å². The summed E-state index contributed by atoms with van der Waals surface area (Å²) in [5.41, 5.74) is 2.23. The summed E-state index contributed by atoms with van der Waals surface area (Å²) in [6.45, 7) is 1.65. The van der Waals surface area contributed by atoms with E-state index >= 15 is 0 Å². The van der Waals surface area contributed by atoms with E-state index in [9.17, 15) is 4.79 Å². The minimum absolute atomic E-state index is 0.168. The van der Waals surface area contributed by atoms with E-state index in [0.29, 0.717) is 17.4 Å². The zero-order valence-corrected chi connectivity index (χ0v) is 12.6. The molecule has 1 saturated heterocycles. The first-order valence-corrected chi connectivity index (χ1v) is 7.68. The summed E-state index contributed by atoms with van der Waals surface area (Å²) in [6.07, 6.45) is 1.43. The van der Waals surface area contributed by atoms with Gasteiger partial charge in [0.2, 0.25) is 5.91 Å². The highest BCUT2D eigenvalue weighted by molar-refractivity contribution is 6.31. The van der Waals surface area contributed by atoms with Crippen LogP contribution in [0.5, 0.6) is 0 Å². The molecule has 108 valence electrons. The second kappa shape index (κ2) is 6.31. The highest BCUT2D eigenvalue weighted by atomic mass is 35.5. The third-order valence-corrected chi connectivity index (χ3v) is 4.48. The maximum absolute atomic E-state index is 12.4. The van der Waals surface area contributed by atoms with E-state index in [1.165, 1.54) is 5.56 Å². The average molecular weight is 300 g/mol. The molecule has 2 aromatic carbocycles. The van der Waals surface area contributed by atoms with Gasteiger partial charge in [0.05, 0.1) is 6.42 Å². The van der Waals surface area contributed by atoms with Gasteiger partial charge in [-0.05, 0) is 23.6 Å². The molecule has 0 radical (unpaired) electrons. The molecule has 0 aromatic heterocycles. The molecule has 0 aliphatic carbocycles. The summed E-state index contributed by atoms with van der Waals surface area (Å²) in [5, 5.41) is 0.671. The van der Waals surface area contributed by atoms with Crippen LogP contribution in [0.3, 0.4) is 0 Å². The van der Waals surface area contributed by atoms with Crippen molar-refractivity contribution in [2.45, 2.75) is 18.8 Å². The molecule has 1 fully saturated rings. The summed E-state index contributed by atoms with van der Waals surface area (Å²) in [5.74, 6) is 0.628. The molecular formula is C18H18ClNO. The van der Waals surface area contributed by atoms with E-state index in [1.54, 1.807) is 0 Å². The molecule has 1 heterocycles. The van der Waals surface area contributed by atoms with Crippen LogP contribution in [0.15, 0.2) is 54.6 Å². The van der Waals surface area contributed by atoms with Crippen molar-refractivity contribution < 1.29 is 4.79 Å². The Bertz CT molecular complexity index is 626. The number of rotatable bonds is 3. The van der Waals surface area contributed by atoms with Crippen molar-refractivity contribution in [2.75, 3.05) is 13.1 Å². The topological polar surface area (TPSA) is 20.3 Å². The van der Waals surface area contributed by atoms with Crippen LogP contribution in [0.25, 0.3) is 0 Å². The van der Waals surface area contributed by atoms with Gasteiger partial charge in [0.1, 0.15) is 0 Å². The van der Waals surface area contributed by atoms with Gasteiger partial charge in [0, 0.05) is 24.0 Å². The van der Waals surface area contributed by atoms with Gasteiger partial charge in [0.25, 0.3) is 0 Å². The molecule has 2 aromatic rings. The fourth-order valence-corrected chi connectivity index (χ4v) is 3.10. The van der Waals surface area contributed by atoms with Crippen molar-refractivity contribution in [3.05, 3.63) is 70.7 Å². The number of halogens is 1. The zero-order valence-electron chi connectivity index (χ0n) is 11.8. The summed E-state index contributed by atoms with van der Waals surface area (Å²) < 4.78 is 0. The molecule has 2 nitrogen and oxygen atoms in total. The van der Waals surface area contributed by atoms with Crippen LogP contribution in [0.2, 0.25) is 5.02 Å². The lowest BCUT2D eigenvalue weighted by Gasteiger charge is -2.17. The molecule has 3 heteroatoms. The predicted molar refractivity (Wildman–Crippen MR) is 85.5 cm³/mol. The van der Waals surface area contributed by atoms with E-state index in [1.807, 2.05) is 35.2 Å². The average Bonchev–Trinajstić information content (AvgIpc) is 3.00. The standard InChI is InChI=1S/C18H18ClNO/c19-17-9-5-4-8-15(17)12-18(21)20-11-10-16(13-20)14-6-2-1-3-7-14/h1-9,16H,10-13H2. The van der Waals surface area contributed by atoms with E-state index in [2.05, 4.69) is 24.3 Å². The maximum Gasteiger partial charge on any atom is 0.227 e. The van der Waals surface area contributed by atoms with E-state index < -0.39 is 0 Å². The molecular weight excluding hydrogens is 282 g/mol. The molecule has 0 N–H and O–H groups in total. The van der Waals surface area contributed by atoms with E-state index in [-0.39, 0.29) is 5.91 Å². The number of hydrogen-bond donors (Lipinski definition) is 0. The van der Waals surface area contributed by atoms with Crippen molar-refractivity contribution in [2.24, 2.45) is 0 Å². The first kappa shape index (κ1) is 14.2. The van der Waals surface area contributed by atoms with Gasteiger partial charge in [-0.2, -0.15) is 0 Å². The van der Waals surface area contributed by atoms with Crippen LogP contribution in [0.1, 0.15) is 23.5 Å².